The molecule has 5 heteroatoms. The number of hydrogen-bond acceptors (Lipinski definition) is 4. The highest BCUT2D eigenvalue weighted by Crippen LogP contribution is 1.85. The number of hydrogen-bond donors (Lipinski definition) is 3. The van der Waals surface area contributed by atoms with E-state index in [4.69, 9.17) is 10.8 Å². The van der Waals surface area contributed by atoms with Gasteiger partial charge >= 0.3 is 6.16 Å². The molecule has 0 saturated carbocycles. The molecule has 0 rings (SSSR count). The molecule has 0 amide bonds. The van der Waals surface area contributed by atoms with Crippen LogP contribution in [0.25, 0.3) is 0 Å². The standard InChI is InChI=1S/C3H7NO3S/c4-2(1-8)7-3(5)6/h2,8H,1,4H2,(H,5,6). The second-order valence-electron chi connectivity index (χ2n) is 1.10. The molecule has 0 aromatic carbocycles. The molecule has 0 radical (unpaired) electrons. The number of ether oxygens (including phenoxy) is 1. The quantitative estimate of drug-likeness (QED) is 0.282. The maximum atomic E-state index is 9.63. The maximum absolute atomic E-state index is 9.63. The molecule has 0 aromatic heterocycles. The lowest BCUT2D eigenvalue weighted by Crippen LogP contribution is -2.27. The second kappa shape index (κ2) is 3.57. The van der Waals surface area contributed by atoms with Crippen LogP contribution in [0.5, 0.6) is 0 Å². The van der Waals surface area contributed by atoms with Crippen molar-refractivity contribution in [1.82, 2.24) is 0 Å². The molecule has 0 bridgehead atoms. The molecule has 8 heavy (non-hydrogen) atoms. The van der Waals surface area contributed by atoms with Crippen molar-refractivity contribution in [2.75, 3.05) is 5.75 Å². The summed E-state index contributed by atoms with van der Waals surface area (Å²) in [7, 11) is 0. The first-order valence-corrected chi connectivity index (χ1v) is 2.56. The van der Waals surface area contributed by atoms with Gasteiger partial charge in [0.2, 0.25) is 0 Å². The van der Waals surface area contributed by atoms with Crippen LogP contribution >= 0.6 is 12.6 Å². The fourth-order valence-electron chi connectivity index (χ4n) is 0.167. The van der Waals surface area contributed by atoms with E-state index in [0.717, 1.165) is 0 Å². The zero-order chi connectivity index (χ0) is 6.57. The van der Waals surface area contributed by atoms with Gasteiger partial charge in [-0.15, -0.1) is 0 Å². The van der Waals surface area contributed by atoms with Gasteiger partial charge in [0, 0.05) is 5.75 Å². The topological polar surface area (TPSA) is 72.5 Å². The van der Waals surface area contributed by atoms with Crippen molar-refractivity contribution in [2.45, 2.75) is 6.23 Å². The van der Waals surface area contributed by atoms with Gasteiger partial charge in [0.05, 0.1) is 0 Å². The van der Waals surface area contributed by atoms with Crippen LogP contribution in [0.1, 0.15) is 0 Å². The van der Waals surface area contributed by atoms with Gasteiger partial charge in [-0.1, -0.05) is 0 Å². The van der Waals surface area contributed by atoms with E-state index in [2.05, 4.69) is 17.4 Å². The normalized spacial score (nSPS) is 12.8. The van der Waals surface area contributed by atoms with Gasteiger partial charge in [-0.3, -0.25) is 5.73 Å². The number of nitrogens with two attached hydrogens (primary N) is 1. The predicted octanol–water partition coefficient (Wildman–Crippen LogP) is -0.104. The molecule has 4 nitrogen and oxygen atoms in total. The fourth-order valence-corrected chi connectivity index (χ4v) is 0.241. The Morgan fingerprint density at radius 2 is 2.50 bits per heavy atom. The van der Waals surface area contributed by atoms with E-state index in [1.807, 2.05) is 0 Å². The number of carbonyl (C=O) groups is 1. The van der Waals surface area contributed by atoms with E-state index in [1.165, 1.54) is 0 Å². The number of thiol groups is 1. The molecule has 48 valence electrons. The van der Waals surface area contributed by atoms with Crippen LogP contribution in [-0.2, 0) is 4.74 Å². The Kier molecular flexibility index (Phi) is 3.38. The largest absolute Gasteiger partial charge is 0.507 e. The summed E-state index contributed by atoms with van der Waals surface area (Å²) in [5.74, 6) is 0.201. The molecule has 1 atom stereocenters. The van der Waals surface area contributed by atoms with Gasteiger partial charge in [-0.25, -0.2) is 4.79 Å². The summed E-state index contributed by atoms with van der Waals surface area (Å²) >= 11 is 3.68. The Labute approximate surface area is 52.0 Å². The Bertz CT molecular complexity index is 86.6. The van der Waals surface area contributed by atoms with Gasteiger partial charge in [0.1, 0.15) is 0 Å². The van der Waals surface area contributed by atoms with Gasteiger partial charge in [-0.05, 0) is 0 Å². The highest BCUT2D eigenvalue weighted by atomic mass is 32.1. The zero-order valence-electron chi connectivity index (χ0n) is 4.07. The van der Waals surface area contributed by atoms with Gasteiger partial charge in [-0.2, -0.15) is 12.6 Å². The molecule has 0 heterocycles. The average molecular weight is 137 g/mol. The van der Waals surface area contributed by atoms with Crippen LogP contribution in [0.15, 0.2) is 0 Å². The molecule has 0 saturated heterocycles. The summed E-state index contributed by atoms with van der Waals surface area (Å²) in [5, 5.41) is 7.88. The Hall–Kier alpha value is -0.420. The molecule has 0 aliphatic rings. The van der Waals surface area contributed by atoms with E-state index in [0.29, 0.717) is 0 Å². The van der Waals surface area contributed by atoms with Crippen LogP contribution in [0.3, 0.4) is 0 Å². The van der Waals surface area contributed by atoms with E-state index in [-0.39, 0.29) is 5.75 Å². The van der Waals surface area contributed by atoms with Crippen LogP contribution in [0, 0.1) is 0 Å². The van der Waals surface area contributed by atoms with Crippen molar-refractivity contribution in [3.05, 3.63) is 0 Å². The summed E-state index contributed by atoms with van der Waals surface area (Å²) in [4.78, 5) is 9.63. The number of rotatable bonds is 2. The van der Waals surface area contributed by atoms with Crippen LogP contribution in [-0.4, -0.2) is 23.2 Å². The van der Waals surface area contributed by atoms with E-state index >= 15 is 0 Å². The Morgan fingerprint density at radius 1 is 2.00 bits per heavy atom. The SMILES string of the molecule is NC(CS)OC(=O)O. The summed E-state index contributed by atoms with van der Waals surface area (Å²) in [6, 6.07) is 0. The van der Waals surface area contributed by atoms with Crippen LogP contribution < -0.4 is 5.73 Å². The smallest absolute Gasteiger partial charge is 0.450 e. The minimum absolute atomic E-state index is 0.201. The number of carboxylic acid groups (broad SMARTS) is 1. The molecular formula is C3H7NO3S. The highest BCUT2D eigenvalue weighted by Gasteiger charge is 2.02. The third-order valence-corrected chi connectivity index (χ3v) is 0.792. The molecular weight excluding hydrogens is 130 g/mol. The minimum Gasteiger partial charge on any atom is -0.450 e. The van der Waals surface area contributed by atoms with E-state index in [1.54, 1.807) is 0 Å². The fraction of sp³-hybridized carbons (Fsp3) is 0.667. The lowest BCUT2D eigenvalue weighted by Gasteiger charge is -2.04. The summed E-state index contributed by atoms with van der Waals surface area (Å²) in [5.41, 5.74) is 4.99. The van der Waals surface area contributed by atoms with E-state index < -0.39 is 12.4 Å². The van der Waals surface area contributed by atoms with Gasteiger partial charge < -0.3 is 9.84 Å². The zero-order valence-corrected chi connectivity index (χ0v) is 4.97. The third-order valence-electron chi connectivity index (χ3n) is 0.432. The van der Waals surface area contributed by atoms with Crippen molar-refractivity contribution in [3.63, 3.8) is 0 Å². The molecule has 0 spiro atoms. The lowest BCUT2D eigenvalue weighted by molar-refractivity contribution is 0.0635. The molecule has 0 aromatic rings. The predicted molar refractivity (Wildman–Crippen MR) is 30.9 cm³/mol. The monoisotopic (exact) mass is 137 g/mol. The van der Waals surface area contributed by atoms with Gasteiger partial charge in [0.15, 0.2) is 6.23 Å². The van der Waals surface area contributed by atoms with Crippen LogP contribution in [0.2, 0.25) is 0 Å². The minimum atomic E-state index is -1.37. The molecule has 0 aliphatic heterocycles. The summed E-state index contributed by atoms with van der Waals surface area (Å²) < 4.78 is 4.02. The first-order valence-electron chi connectivity index (χ1n) is 1.93. The molecule has 0 aliphatic carbocycles. The second-order valence-corrected chi connectivity index (χ2v) is 1.47. The first kappa shape index (κ1) is 7.58. The van der Waals surface area contributed by atoms with Crippen molar-refractivity contribution in [1.29, 1.82) is 0 Å². The molecule has 0 fully saturated rings. The van der Waals surface area contributed by atoms with Gasteiger partial charge in [0.25, 0.3) is 0 Å². The summed E-state index contributed by atoms with van der Waals surface area (Å²) in [6.07, 6.45) is -2.18. The maximum Gasteiger partial charge on any atom is 0.507 e. The Morgan fingerprint density at radius 3 is 2.62 bits per heavy atom. The van der Waals surface area contributed by atoms with Crippen molar-refractivity contribution in [3.8, 4) is 0 Å². The third kappa shape index (κ3) is 3.76. The van der Waals surface area contributed by atoms with Crippen molar-refractivity contribution < 1.29 is 14.6 Å². The Balaban J connectivity index is 3.24. The molecule has 3 N–H and O–H groups in total. The van der Waals surface area contributed by atoms with E-state index in [9.17, 15) is 4.79 Å². The van der Waals surface area contributed by atoms with Crippen molar-refractivity contribution >= 4 is 18.8 Å². The van der Waals surface area contributed by atoms with Crippen LogP contribution in [0.4, 0.5) is 4.79 Å². The summed E-state index contributed by atoms with van der Waals surface area (Å²) in [6.45, 7) is 0. The highest BCUT2D eigenvalue weighted by molar-refractivity contribution is 7.80. The first-order chi connectivity index (χ1) is 3.66. The van der Waals surface area contributed by atoms with Crippen molar-refractivity contribution in [2.24, 2.45) is 5.73 Å². The molecule has 1 unspecified atom stereocenters. The lowest BCUT2D eigenvalue weighted by atomic mass is 10.7. The average Bonchev–Trinajstić information content (AvgIpc) is 1.65.